The fourth-order valence-electron chi connectivity index (χ4n) is 2.12. The zero-order valence-electron chi connectivity index (χ0n) is 12.6. The third-order valence-electron chi connectivity index (χ3n) is 3.69. The highest BCUT2D eigenvalue weighted by molar-refractivity contribution is 6.30. The molecular weight excluding hydrogens is 274 g/mol. The summed E-state index contributed by atoms with van der Waals surface area (Å²) in [6.07, 6.45) is 0. The van der Waals surface area contributed by atoms with Crippen LogP contribution in [0.5, 0.6) is 0 Å². The molecule has 0 saturated carbocycles. The molecule has 4 heteroatoms. The van der Waals surface area contributed by atoms with Crippen LogP contribution >= 0.6 is 11.6 Å². The van der Waals surface area contributed by atoms with Gasteiger partial charge >= 0.3 is 0 Å². The minimum atomic E-state index is -0.208. The summed E-state index contributed by atoms with van der Waals surface area (Å²) in [5.41, 5.74) is 0.964. The predicted octanol–water partition coefficient (Wildman–Crippen LogP) is 3.21. The topological polar surface area (TPSA) is 49.3 Å². The van der Waals surface area contributed by atoms with E-state index < -0.39 is 0 Å². The van der Waals surface area contributed by atoms with E-state index in [-0.39, 0.29) is 36.3 Å². The van der Waals surface area contributed by atoms with Gasteiger partial charge in [-0.1, -0.05) is 44.5 Å². The number of nitrogens with one attached hydrogen (secondary N) is 1. The molecule has 3 nitrogen and oxygen atoms in total. The summed E-state index contributed by atoms with van der Waals surface area (Å²) in [5, 5.41) is 12.8. The van der Waals surface area contributed by atoms with Gasteiger partial charge in [0.1, 0.15) is 0 Å². The normalized spacial score (nSPS) is 15.8. The van der Waals surface area contributed by atoms with E-state index in [0.29, 0.717) is 5.02 Å². The Morgan fingerprint density at radius 3 is 2.20 bits per heavy atom. The molecule has 1 aromatic carbocycles. The molecule has 0 spiro atoms. The third-order valence-corrected chi connectivity index (χ3v) is 3.94. The third kappa shape index (κ3) is 4.50. The highest BCUT2D eigenvalue weighted by Gasteiger charge is 2.26. The van der Waals surface area contributed by atoms with Crippen LogP contribution in [0.3, 0.4) is 0 Å². The number of rotatable bonds is 6. The molecule has 0 radical (unpaired) electrons. The maximum absolute atomic E-state index is 12.5. The van der Waals surface area contributed by atoms with Crippen molar-refractivity contribution in [1.29, 1.82) is 0 Å². The second-order valence-corrected chi connectivity index (χ2v) is 6.17. The molecule has 1 amide bonds. The summed E-state index contributed by atoms with van der Waals surface area (Å²) < 4.78 is 0. The fraction of sp³-hybridized carbons (Fsp3) is 0.562. The number of aliphatic hydroxyl groups excluding tert-OH is 1. The van der Waals surface area contributed by atoms with Gasteiger partial charge in [-0.25, -0.2) is 0 Å². The van der Waals surface area contributed by atoms with Crippen LogP contribution in [0.15, 0.2) is 24.3 Å². The molecule has 0 aliphatic carbocycles. The summed E-state index contributed by atoms with van der Waals surface area (Å²) in [7, 11) is 0. The van der Waals surface area contributed by atoms with E-state index in [1.54, 1.807) is 12.1 Å². The molecule has 1 rings (SSSR count). The zero-order valence-corrected chi connectivity index (χ0v) is 13.3. The molecule has 3 atom stereocenters. The Hall–Kier alpha value is -1.06. The number of aliphatic hydroxyl groups is 1. The minimum absolute atomic E-state index is 0.00452. The first-order valence-electron chi connectivity index (χ1n) is 7.03. The standard InChI is InChI=1S/C16H24ClNO2/c1-10(2)15(13-5-7-14(17)8-6-13)16(20)18-12(4)11(3)9-19/h5-8,10-12,15,19H,9H2,1-4H3,(H,18,20). The van der Waals surface area contributed by atoms with Crippen molar-refractivity contribution in [3.63, 3.8) is 0 Å². The lowest BCUT2D eigenvalue weighted by atomic mass is 9.87. The SMILES string of the molecule is CC(C)C(C(=O)NC(C)C(C)CO)c1ccc(Cl)cc1. The molecule has 3 unspecified atom stereocenters. The lowest BCUT2D eigenvalue weighted by Gasteiger charge is -2.25. The summed E-state index contributed by atoms with van der Waals surface area (Å²) in [5.74, 6) is 0.0144. The van der Waals surface area contributed by atoms with Crippen LogP contribution in [0.2, 0.25) is 5.02 Å². The Morgan fingerprint density at radius 1 is 1.20 bits per heavy atom. The van der Waals surface area contributed by atoms with E-state index in [0.717, 1.165) is 5.56 Å². The van der Waals surface area contributed by atoms with E-state index in [1.807, 2.05) is 39.8 Å². The molecular formula is C16H24ClNO2. The van der Waals surface area contributed by atoms with Crippen LogP contribution in [0.4, 0.5) is 0 Å². The number of hydrogen-bond donors (Lipinski definition) is 2. The first-order chi connectivity index (χ1) is 9.36. The van der Waals surface area contributed by atoms with Gasteiger partial charge in [-0.15, -0.1) is 0 Å². The van der Waals surface area contributed by atoms with Gasteiger partial charge in [0.2, 0.25) is 5.91 Å². The van der Waals surface area contributed by atoms with Crippen molar-refractivity contribution in [2.24, 2.45) is 11.8 Å². The van der Waals surface area contributed by atoms with Crippen LogP contribution in [0.1, 0.15) is 39.2 Å². The van der Waals surface area contributed by atoms with Crippen molar-refractivity contribution in [1.82, 2.24) is 5.32 Å². The van der Waals surface area contributed by atoms with Gasteiger partial charge in [-0.3, -0.25) is 4.79 Å². The molecule has 1 aromatic rings. The van der Waals surface area contributed by atoms with Crippen molar-refractivity contribution >= 4 is 17.5 Å². The number of carbonyl (C=O) groups excluding carboxylic acids is 1. The Balaban J connectivity index is 2.86. The fourth-order valence-corrected chi connectivity index (χ4v) is 2.25. The smallest absolute Gasteiger partial charge is 0.228 e. The van der Waals surface area contributed by atoms with Crippen molar-refractivity contribution in [2.75, 3.05) is 6.61 Å². The summed E-state index contributed by atoms with van der Waals surface area (Å²) in [4.78, 5) is 12.5. The van der Waals surface area contributed by atoms with E-state index in [9.17, 15) is 4.79 Å². The van der Waals surface area contributed by atoms with Gasteiger partial charge in [0.15, 0.2) is 0 Å². The highest BCUT2D eigenvalue weighted by atomic mass is 35.5. The molecule has 0 heterocycles. The van der Waals surface area contributed by atoms with Crippen LogP contribution in [0, 0.1) is 11.8 Å². The largest absolute Gasteiger partial charge is 0.396 e. The summed E-state index contributed by atoms with van der Waals surface area (Å²) in [6, 6.07) is 7.35. The lowest BCUT2D eigenvalue weighted by Crippen LogP contribution is -2.42. The van der Waals surface area contributed by atoms with Crippen molar-refractivity contribution in [3.8, 4) is 0 Å². The van der Waals surface area contributed by atoms with E-state index in [4.69, 9.17) is 16.7 Å². The van der Waals surface area contributed by atoms with Gasteiger partial charge in [0, 0.05) is 17.7 Å². The van der Waals surface area contributed by atoms with Crippen molar-refractivity contribution in [2.45, 2.75) is 39.7 Å². The van der Waals surface area contributed by atoms with Gasteiger partial charge in [-0.05, 0) is 36.5 Å². The Labute approximate surface area is 126 Å². The highest BCUT2D eigenvalue weighted by Crippen LogP contribution is 2.26. The Bertz CT molecular complexity index is 431. The predicted molar refractivity (Wildman–Crippen MR) is 82.9 cm³/mol. The van der Waals surface area contributed by atoms with Gasteiger partial charge in [0.25, 0.3) is 0 Å². The van der Waals surface area contributed by atoms with Crippen LogP contribution in [0.25, 0.3) is 0 Å². The first kappa shape index (κ1) is 17.0. The summed E-state index contributed by atoms with van der Waals surface area (Å²) >= 11 is 5.89. The number of carbonyl (C=O) groups is 1. The van der Waals surface area contributed by atoms with E-state index in [1.165, 1.54) is 0 Å². The van der Waals surface area contributed by atoms with Crippen LogP contribution in [-0.2, 0) is 4.79 Å². The Kier molecular flexibility index (Phi) is 6.50. The number of halogens is 1. The Morgan fingerprint density at radius 2 is 1.75 bits per heavy atom. The monoisotopic (exact) mass is 297 g/mol. The molecule has 0 aliphatic rings. The molecule has 0 aromatic heterocycles. The maximum atomic E-state index is 12.5. The molecule has 0 fully saturated rings. The van der Waals surface area contributed by atoms with Gasteiger partial charge in [-0.2, -0.15) is 0 Å². The quantitative estimate of drug-likeness (QED) is 0.847. The number of hydrogen-bond acceptors (Lipinski definition) is 2. The van der Waals surface area contributed by atoms with Crippen LogP contribution in [-0.4, -0.2) is 23.7 Å². The molecule has 0 aliphatic heterocycles. The maximum Gasteiger partial charge on any atom is 0.228 e. The molecule has 2 N–H and O–H groups in total. The van der Waals surface area contributed by atoms with Gasteiger partial charge < -0.3 is 10.4 Å². The first-order valence-corrected chi connectivity index (χ1v) is 7.41. The zero-order chi connectivity index (χ0) is 15.3. The van der Waals surface area contributed by atoms with Crippen molar-refractivity contribution < 1.29 is 9.90 Å². The molecule has 20 heavy (non-hydrogen) atoms. The average Bonchev–Trinajstić information content (AvgIpc) is 2.39. The van der Waals surface area contributed by atoms with E-state index >= 15 is 0 Å². The van der Waals surface area contributed by atoms with Crippen LogP contribution < -0.4 is 5.32 Å². The second-order valence-electron chi connectivity index (χ2n) is 5.73. The second kappa shape index (κ2) is 7.65. The van der Waals surface area contributed by atoms with E-state index in [2.05, 4.69) is 5.32 Å². The summed E-state index contributed by atoms with van der Waals surface area (Å²) in [6.45, 7) is 7.95. The lowest BCUT2D eigenvalue weighted by molar-refractivity contribution is -0.124. The van der Waals surface area contributed by atoms with Crippen molar-refractivity contribution in [3.05, 3.63) is 34.9 Å². The van der Waals surface area contributed by atoms with Gasteiger partial charge in [0.05, 0.1) is 5.92 Å². The molecule has 0 saturated heterocycles. The minimum Gasteiger partial charge on any atom is -0.396 e. The molecule has 0 bridgehead atoms. The number of benzene rings is 1. The molecule has 112 valence electrons. The number of amides is 1. The average molecular weight is 298 g/mol.